The van der Waals surface area contributed by atoms with Crippen LogP contribution in [0, 0.1) is 0 Å². The first-order valence-electron chi connectivity index (χ1n) is 10.5. The monoisotopic (exact) mass is 462 g/mol. The summed E-state index contributed by atoms with van der Waals surface area (Å²) in [4.78, 5) is 16.0. The molecule has 3 N–H and O–H groups in total. The predicted molar refractivity (Wildman–Crippen MR) is 131 cm³/mol. The number of carbonyl (C=O) groups excluding carboxylic acids is 1. The Labute approximate surface area is 197 Å². The summed E-state index contributed by atoms with van der Waals surface area (Å²) in [6.07, 6.45) is 3.17. The van der Waals surface area contributed by atoms with E-state index in [1.165, 1.54) is 34.5 Å². The Balaban J connectivity index is 1.67. The van der Waals surface area contributed by atoms with E-state index in [0.29, 0.717) is 34.4 Å². The quantitative estimate of drug-likeness (QED) is 0.473. The Hall–Kier alpha value is -4.24. The van der Waals surface area contributed by atoms with E-state index in [2.05, 4.69) is 15.6 Å². The van der Waals surface area contributed by atoms with Crippen LogP contribution in [0.15, 0.2) is 65.5 Å². The van der Waals surface area contributed by atoms with Crippen molar-refractivity contribution in [2.75, 3.05) is 32.0 Å². The molecule has 9 heteroatoms. The van der Waals surface area contributed by atoms with Gasteiger partial charge in [0.25, 0.3) is 0 Å². The largest absolute Gasteiger partial charge is 0.493 e. The SMILES string of the molecule is COc1cc(NC2=CN=CC(c3cccc4c(NC(C)=O)cccc34)N2O)cc(OC)c1OC. The lowest BCUT2D eigenvalue weighted by Crippen LogP contribution is -2.31. The minimum atomic E-state index is -0.564. The molecule has 0 radical (unpaired) electrons. The van der Waals surface area contributed by atoms with Crippen LogP contribution in [0.3, 0.4) is 0 Å². The smallest absolute Gasteiger partial charge is 0.221 e. The molecule has 34 heavy (non-hydrogen) atoms. The Bertz CT molecular complexity index is 1260. The molecule has 1 atom stereocenters. The molecule has 0 saturated carbocycles. The van der Waals surface area contributed by atoms with E-state index in [1.54, 1.807) is 18.3 Å². The highest BCUT2D eigenvalue weighted by Gasteiger charge is 2.25. The lowest BCUT2D eigenvalue weighted by molar-refractivity contribution is -0.114. The standard InChI is InChI=1S/C25H26N4O5/c1-15(30)27-20-10-6-7-17-18(20)8-5-9-19(17)21-13-26-14-24(29(21)31)28-16-11-22(32-2)25(34-4)23(12-16)33-3/h5-14,21,28,31H,1-4H3,(H,27,30). The lowest BCUT2D eigenvalue weighted by Gasteiger charge is -2.30. The van der Waals surface area contributed by atoms with Gasteiger partial charge in [-0.15, -0.1) is 0 Å². The number of hydrogen-bond acceptors (Lipinski definition) is 8. The van der Waals surface area contributed by atoms with Gasteiger partial charge in [-0.05, 0) is 17.0 Å². The number of nitrogens with zero attached hydrogens (tertiary/aromatic N) is 2. The van der Waals surface area contributed by atoms with Crippen LogP contribution in [-0.4, -0.2) is 43.7 Å². The van der Waals surface area contributed by atoms with E-state index in [0.717, 1.165) is 21.4 Å². The number of aliphatic imine (C=N–C) groups is 1. The molecule has 3 aromatic rings. The Morgan fingerprint density at radius 2 is 1.68 bits per heavy atom. The molecule has 1 heterocycles. The van der Waals surface area contributed by atoms with Gasteiger partial charge in [-0.3, -0.25) is 15.0 Å². The van der Waals surface area contributed by atoms with Crippen molar-refractivity contribution in [2.24, 2.45) is 4.99 Å². The molecule has 9 nitrogen and oxygen atoms in total. The zero-order chi connectivity index (χ0) is 24.2. The third kappa shape index (κ3) is 4.33. The summed E-state index contributed by atoms with van der Waals surface area (Å²) in [5.74, 6) is 1.63. The molecule has 1 amide bonds. The average Bonchev–Trinajstić information content (AvgIpc) is 2.84. The highest BCUT2D eigenvalue weighted by molar-refractivity contribution is 6.03. The van der Waals surface area contributed by atoms with Crippen LogP contribution in [0.25, 0.3) is 10.8 Å². The van der Waals surface area contributed by atoms with Crippen molar-refractivity contribution in [1.82, 2.24) is 5.06 Å². The first-order valence-corrected chi connectivity index (χ1v) is 10.5. The molecule has 0 bridgehead atoms. The van der Waals surface area contributed by atoms with Gasteiger partial charge in [0.1, 0.15) is 11.9 Å². The number of methoxy groups -OCH3 is 3. The fourth-order valence-electron chi connectivity index (χ4n) is 3.96. The van der Waals surface area contributed by atoms with Crippen molar-refractivity contribution < 1.29 is 24.2 Å². The molecule has 4 rings (SSSR count). The predicted octanol–water partition coefficient (Wildman–Crippen LogP) is 4.55. The van der Waals surface area contributed by atoms with Crippen molar-refractivity contribution in [3.8, 4) is 17.2 Å². The van der Waals surface area contributed by atoms with Crippen LogP contribution in [0.1, 0.15) is 18.5 Å². The van der Waals surface area contributed by atoms with Crippen LogP contribution in [0.5, 0.6) is 17.2 Å². The first kappa shape index (κ1) is 22.9. The number of hydroxylamine groups is 2. The van der Waals surface area contributed by atoms with Crippen molar-refractivity contribution in [3.05, 3.63) is 66.1 Å². The van der Waals surface area contributed by atoms with Gasteiger partial charge in [-0.1, -0.05) is 30.3 Å². The molecular formula is C25H26N4O5. The lowest BCUT2D eigenvalue weighted by atomic mass is 9.97. The highest BCUT2D eigenvalue weighted by Crippen LogP contribution is 2.41. The molecule has 0 aliphatic carbocycles. The zero-order valence-electron chi connectivity index (χ0n) is 19.3. The van der Waals surface area contributed by atoms with Crippen LogP contribution < -0.4 is 24.8 Å². The maximum absolute atomic E-state index is 11.6. The van der Waals surface area contributed by atoms with Crippen LogP contribution in [0.4, 0.5) is 11.4 Å². The average molecular weight is 463 g/mol. The fraction of sp³-hybridized carbons (Fsp3) is 0.200. The van der Waals surface area contributed by atoms with Crippen LogP contribution >= 0.6 is 0 Å². The molecule has 176 valence electrons. The number of amides is 1. The van der Waals surface area contributed by atoms with Gasteiger partial charge in [-0.2, -0.15) is 0 Å². The Morgan fingerprint density at radius 1 is 1.00 bits per heavy atom. The van der Waals surface area contributed by atoms with E-state index in [9.17, 15) is 10.0 Å². The normalized spacial score (nSPS) is 15.0. The summed E-state index contributed by atoms with van der Waals surface area (Å²) in [5.41, 5.74) is 2.14. The summed E-state index contributed by atoms with van der Waals surface area (Å²) >= 11 is 0. The molecule has 1 aliphatic heterocycles. The molecule has 0 aromatic heterocycles. The van der Waals surface area contributed by atoms with E-state index < -0.39 is 6.04 Å². The van der Waals surface area contributed by atoms with Gasteiger partial charge in [0.05, 0.1) is 27.5 Å². The zero-order valence-corrected chi connectivity index (χ0v) is 19.3. The molecule has 1 aliphatic rings. The summed E-state index contributed by atoms with van der Waals surface area (Å²) in [6.45, 7) is 1.47. The fourth-order valence-corrected chi connectivity index (χ4v) is 3.96. The van der Waals surface area contributed by atoms with Crippen LogP contribution in [-0.2, 0) is 4.79 Å². The maximum Gasteiger partial charge on any atom is 0.221 e. The van der Waals surface area contributed by atoms with Gasteiger partial charge in [-0.25, -0.2) is 5.06 Å². The number of fused-ring (bicyclic) bond motifs is 1. The van der Waals surface area contributed by atoms with Gasteiger partial charge in [0.2, 0.25) is 11.7 Å². The molecule has 0 spiro atoms. The van der Waals surface area contributed by atoms with Crippen molar-refractivity contribution in [3.63, 3.8) is 0 Å². The van der Waals surface area contributed by atoms with E-state index in [-0.39, 0.29) is 5.91 Å². The number of benzene rings is 3. The minimum absolute atomic E-state index is 0.152. The second-order valence-electron chi connectivity index (χ2n) is 7.57. The Morgan fingerprint density at radius 3 is 2.32 bits per heavy atom. The summed E-state index contributed by atoms with van der Waals surface area (Å²) < 4.78 is 16.2. The van der Waals surface area contributed by atoms with E-state index in [4.69, 9.17) is 14.2 Å². The number of carbonyl (C=O) groups is 1. The summed E-state index contributed by atoms with van der Waals surface area (Å²) in [6, 6.07) is 14.3. The third-order valence-electron chi connectivity index (χ3n) is 5.46. The second-order valence-corrected chi connectivity index (χ2v) is 7.57. The van der Waals surface area contributed by atoms with Crippen molar-refractivity contribution in [2.45, 2.75) is 13.0 Å². The molecule has 0 fully saturated rings. The first-order chi connectivity index (χ1) is 16.5. The maximum atomic E-state index is 11.6. The van der Waals surface area contributed by atoms with E-state index >= 15 is 0 Å². The van der Waals surface area contributed by atoms with Gasteiger partial charge in [0, 0.05) is 42.0 Å². The second kappa shape index (κ2) is 9.72. The van der Waals surface area contributed by atoms with Gasteiger partial charge < -0.3 is 24.8 Å². The summed E-state index contributed by atoms with van der Waals surface area (Å²) in [7, 11) is 4.61. The molecule has 1 unspecified atom stereocenters. The number of rotatable bonds is 7. The third-order valence-corrected chi connectivity index (χ3v) is 5.46. The topological polar surface area (TPSA) is 105 Å². The molecule has 0 saturated heterocycles. The van der Waals surface area contributed by atoms with Crippen molar-refractivity contribution >= 4 is 34.3 Å². The molecular weight excluding hydrogens is 436 g/mol. The van der Waals surface area contributed by atoms with Crippen molar-refractivity contribution in [1.29, 1.82) is 0 Å². The summed E-state index contributed by atoms with van der Waals surface area (Å²) in [5, 5.41) is 20.0. The van der Waals surface area contributed by atoms with Crippen LogP contribution in [0.2, 0.25) is 0 Å². The van der Waals surface area contributed by atoms with Gasteiger partial charge >= 0.3 is 0 Å². The number of ether oxygens (including phenoxy) is 3. The highest BCUT2D eigenvalue weighted by atomic mass is 16.5. The minimum Gasteiger partial charge on any atom is -0.493 e. The van der Waals surface area contributed by atoms with Gasteiger partial charge in [0.15, 0.2) is 11.5 Å². The number of hydrogen-bond donors (Lipinski definition) is 3. The Kier molecular flexibility index (Phi) is 6.55. The molecule has 3 aromatic carbocycles. The number of nitrogens with one attached hydrogen (secondary N) is 2. The van der Waals surface area contributed by atoms with E-state index in [1.807, 2.05) is 36.4 Å². The number of anilines is 2.